The number of rotatable bonds is 5. The second-order valence-electron chi connectivity index (χ2n) is 8.14. The van der Waals surface area contributed by atoms with Gasteiger partial charge in [0.05, 0.1) is 24.7 Å². The van der Waals surface area contributed by atoms with Crippen LogP contribution in [0.5, 0.6) is 0 Å². The lowest BCUT2D eigenvalue weighted by atomic mass is 9.85. The largest absolute Gasteiger partial charge is 0.465 e. The number of esters is 1. The van der Waals surface area contributed by atoms with Crippen molar-refractivity contribution >= 4 is 34.9 Å². The lowest BCUT2D eigenvalue weighted by molar-refractivity contribution is -0.144. The van der Waals surface area contributed by atoms with Crippen molar-refractivity contribution in [3.05, 3.63) is 47.7 Å². The van der Waals surface area contributed by atoms with Crippen LogP contribution in [-0.4, -0.2) is 40.2 Å². The van der Waals surface area contributed by atoms with E-state index >= 15 is 0 Å². The third kappa shape index (κ3) is 2.65. The van der Waals surface area contributed by atoms with Crippen molar-refractivity contribution in [2.24, 2.45) is 28.8 Å². The van der Waals surface area contributed by atoms with Gasteiger partial charge in [-0.3, -0.25) is 14.4 Å². The molecule has 1 aromatic heterocycles. The van der Waals surface area contributed by atoms with Crippen molar-refractivity contribution in [3.8, 4) is 0 Å². The molecular weight excluding hydrogens is 382 g/mol. The van der Waals surface area contributed by atoms with Crippen molar-refractivity contribution in [3.63, 3.8) is 0 Å². The van der Waals surface area contributed by atoms with Crippen LogP contribution in [0.3, 0.4) is 0 Å². The van der Waals surface area contributed by atoms with Crippen LogP contribution >= 0.6 is 0 Å². The number of amides is 2. The van der Waals surface area contributed by atoms with Crippen LogP contribution < -0.4 is 0 Å². The molecular formula is C23H23N3O4. The van der Waals surface area contributed by atoms with E-state index in [1.807, 2.05) is 35.8 Å². The number of ether oxygens (including phenoxy) is 1. The number of hydrogen-bond donors (Lipinski definition) is 0. The van der Waals surface area contributed by atoms with Crippen molar-refractivity contribution in [2.45, 2.75) is 26.8 Å². The van der Waals surface area contributed by atoms with Gasteiger partial charge in [-0.25, -0.2) is 0 Å². The van der Waals surface area contributed by atoms with Gasteiger partial charge in [-0.05, 0) is 38.2 Å². The van der Waals surface area contributed by atoms with Gasteiger partial charge in [-0.1, -0.05) is 30.4 Å². The molecule has 2 fully saturated rings. The Labute approximate surface area is 174 Å². The SMILES string of the molecule is CCOC(=O)Cn1c(C)c(/C=N\N2C(=O)[C@H]3[C@H](C2=O)[C@H]2C=C[C@H]3C2)c2ccccc21. The summed E-state index contributed by atoms with van der Waals surface area (Å²) < 4.78 is 6.98. The topological polar surface area (TPSA) is 81.0 Å². The monoisotopic (exact) mass is 405 g/mol. The van der Waals surface area contributed by atoms with Crippen LogP contribution in [0.2, 0.25) is 0 Å². The Hall–Kier alpha value is -3.22. The second-order valence-corrected chi connectivity index (χ2v) is 8.14. The molecule has 1 saturated heterocycles. The first-order valence-electron chi connectivity index (χ1n) is 10.3. The second kappa shape index (κ2) is 6.93. The third-order valence-corrected chi connectivity index (χ3v) is 6.62. The zero-order chi connectivity index (χ0) is 21.0. The standard InChI is InChI=1S/C23H23N3O4/c1-3-30-19(27)12-25-13(2)17(16-6-4-5-7-18(16)25)11-24-26-22(28)20-14-8-9-15(10-14)21(20)23(26)29/h4-9,11,14-15,20-21H,3,10,12H2,1-2H3/b24-11-/t14-,15-,20+,21+/m0/s1. The van der Waals surface area contributed by atoms with E-state index in [4.69, 9.17) is 4.74 Å². The maximum absolute atomic E-state index is 12.9. The lowest BCUT2D eigenvalue weighted by Crippen LogP contribution is -2.28. The van der Waals surface area contributed by atoms with Gasteiger partial charge >= 0.3 is 5.97 Å². The molecule has 2 heterocycles. The van der Waals surface area contributed by atoms with Crippen LogP contribution in [0, 0.1) is 30.6 Å². The molecule has 2 aromatic rings. The van der Waals surface area contributed by atoms with Crippen LogP contribution in [0.4, 0.5) is 0 Å². The highest BCUT2D eigenvalue weighted by atomic mass is 16.5. The Bertz CT molecular complexity index is 1100. The average molecular weight is 405 g/mol. The first kappa shape index (κ1) is 18.8. The number of allylic oxidation sites excluding steroid dienone is 2. The molecule has 154 valence electrons. The maximum atomic E-state index is 12.9. The highest BCUT2D eigenvalue weighted by Gasteiger charge is 2.59. The molecule has 2 amide bonds. The first-order valence-corrected chi connectivity index (χ1v) is 10.3. The summed E-state index contributed by atoms with van der Waals surface area (Å²) in [5.41, 5.74) is 2.49. The van der Waals surface area contributed by atoms with Crippen molar-refractivity contribution in [1.82, 2.24) is 9.58 Å². The zero-order valence-electron chi connectivity index (χ0n) is 16.9. The molecule has 3 aliphatic rings. The minimum Gasteiger partial charge on any atom is -0.465 e. The molecule has 0 N–H and O–H groups in total. The molecule has 1 saturated carbocycles. The quantitative estimate of drug-likeness (QED) is 0.331. The summed E-state index contributed by atoms with van der Waals surface area (Å²) in [6.07, 6.45) is 6.60. The van der Waals surface area contributed by atoms with E-state index in [-0.39, 0.29) is 48.0 Å². The van der Waals surface area contributed by atoms with Crippen LogP contribution in [0.15, 0.2) is 41.5 Å². The van der Waals surface area contributed by atoms with E-state index in [2.05, 4.69) is 17.3 Å². The van der Waals surface area contributed by atoms with Crippen molar-refractivity contribution in [2.75, 3.05) is 6.61 Å². The van der Waals surface area contributed by atoms with Gasteiger partial charge < -0.3 is 9.30 Å². The summed E-state index contributed by atoms with van der Waals surface area (Å²) in [7, 11) is 0. The molecule has 1 aliphatic heterocycles. The van der Waals surface area contributed by atoms with Crippen molar-refractivity contribution < 1.29 is 19.1 Å². The fraction of sp³-hybridized carbons (Fsp3) is 0.391. The fourth-order valence-corrected chi connectivity index (χ4v) is 5.28. The molecule has 30 heavy (non-hydrogen) atoms. The highest BCUT2D eigenvalue weighted by Crippen LogP contribution is 2.52. The molecule has 1 aromatic carbocycles. The summed E-state index contributed by atoms with van der Waals surface area (Å²) in [5, 5.41) is 6.29. The van der Waals surface area contributed by atoms with E-state index in [1.165, 1.54) is 0 Å². The minimum absolute atomic E-state index is 0.0920. The van der Waals surface area contributed by atoms with E-state index in [0.29, 0.717) is 6.61 Å². The number of hydrazone groups is 1. The fourth-order valence-electron chi connectivity index (χ4n) is 5.28. The molecule has 7 nitrogen and oxygen atoms in total. The zero-order valence-corrected chi connectivity index (χ0v) is 16.9. The number of carbonyl (C=O) groups excluding carboxylic acids is 3. The number of imide groups is 1. The molecule has 5 rings (SSSR count). The Morgan fingerprint density at radius 1 is 1.17 bits per heavy atom. The molecule has 2 bridgehead atoms. The van der Waals surface area contributed by atoms with Gasteiger partial charge in [0, 0.05) is 22.2 Å². The first-order chi connectivity index (χ1) is 14.5. The molecule has 2 aliphatic carbocycles. The smallest absolute Gasteiger partial charge is 0.325 e. The highest BCUT2D eigenvalue weighted by molar-refractivity contribution is 6.08. The Kier molecular flexibility index (Phi) is 4.34. The van der Waals surface area contributed by atoms with E-state index in [1.54, 1.807) is 13.1 Å². The van der Waals surface area contributed by atoms with Gasteiger partial charge in [-0.15, -0.1) is 0 Å². The number of para-hydroxylation sites is 1. The lowest BCUT2D eigenvalue weighted by Gasteiger charge is -2.13. The Balaban J connectivity index is 1.48. The Morgan fingerprint density at radius 3 is 2.50 bits per heavy atom. The number of aromatic nitrogens is 1. The van der Waals surface area contributed by atoms with E-state index in [9.17, 15) is 14.4 Å². The average Bonchev–Trinajstić information content (AvgIpc) is 3.46. The molecule has 0 spiro atoms. The number of hydrogen-bond acceptors (Lipinski definition) is 5. The summed E-state index contributed by atoms with van der Waals surface area (Å²) in [6.45, 7) is 4.09. The number of carbonyl (C=O) groups is 3. The summed E-state index contributed by atoms with van der Waals surface area (Å²) in [5.74, 6) is -0.941. The normalized spacial score (nSPS) is 27.1. The van der Waals surface area contributed by atoms with Crippen LogP contribution in [0.1, 0.15) is 24.6 Å². The van der Waals surface area contributed by atoms with E-state index in [0.717, 1.165) is 33.6 Å². The Morgan fingerprint density at radius 2 is 1.83 bits per heavy atom. The summed E-state index contributed by atoms with van der Waals surface area (Å²) in [6, 6.07) is 7.69. The molecule has 4 atom stereocenters. The van der Waals surface area contributed by atoms with E-state index < -0.39 is 0 Å². The predicted octanol–water partition coefficient (Wildman–Crippen LogP) is 2.65. The predicted molar refractivity (Wildman–Crippen MR) is 110 cm³/mol. The van der Waals surface area contributed by atoms with Crippen LogP contribution in [0.25, 0.3) is 10.9 Å². The van der Waals surface area contributed by atoms with Gasteiger partial charge in [0.2, 0.25) is 0 Å². The molecule has 0 unspecified atom stereocenters. The number of benzene rings is 1. The maximum Gasteiger partial charge on any atom is 0.325 e. The van der Waals surface area contributed by atoms with Crippen molar-refractivity contribution in [1.29, 1.82) is 0 Å². The third-order valence-electron chi connectivity index (χ3n) is 6.62. The molecule has 0 radical (unpaired) electrons. The van der Waals surface area contributed by atoms with Gasteiger partial charge in [0.25, 0.3) is 11.8 Å². The summed E-state index contributed by atoms with van der Waals surface area (Å²) >= 11 is 0. The van der Waals surface area contributed by atoms with Crippen LogP contribution in [-0.2, 0) is 25.7 Å². The van der Waals surface area contributed by atoms with Gasteiger partial charge in [-0.2, -0.15) is 10.1 Å². The van der Waals surface area contributed by atoms with Gasteiger partial charge in [0.15, 0.2) is 0 Å². The number of fused-ring (bicyclic) bond motifs is 6. The number of nitrogens with zero attached hydrogens (tertiary/aromatic N) is 3. The molecule has 7 heteroatoms. The van der Waals surface area contributed by atoms with Gasteiger partial charge in [0.1, 0.15) is 6.54 Å². The summed E-state index contributed by atoms with van der Waals surface area (Å²) in [4.78, 5) is 37.8. The minimum atomic E-state index is -0.314.